The van der Waals surface area contributed by atoms with Gasteiger partial charge in [-0.1, -0.05) is 152 Å². The molecule has 3 aromatic heterocycles. The zero-order chi connectivity index (χ0) is 36.7. The van der Waals surface area contributed by atoms with Gasteiger partial charge < -0.3 is 4.57 Å². The maximum atomic E-state index is 5.15. The second-order valence-corrected chi connectivity index (χ2v) is 14.4. The molecule has 3 heterocycles. The summed E-state index contributed by atoms with van der Waals surface area (Å²) < 4.78 is 4.58. The van der Waals surface area contributed by atoms with Crippen LogP contribution >= 0.6 is 0 Å². The highest BCUT2D eigenvalue weighted by molar-refractivity contribution is 6.34. The molecular formula is C51H31N5. The van der Waals surface area contributed by atoms with Crippen LogP contribution in [-0.4, -0.2) is 24.1 Å². The number of rotatable bonds is 5. The molecule has 0 bridgehead atoms. The van der Waals surface area contributed by atoms with Gasteiger partial charge >= 0.3 is 0 Å². The Hall–Kier alpha value is -7.63. The van der Waals surface area contributed by atoms with Gasteiger partial charge in [0, 0.05) is 38.4 Å². The molecule has 12 aromatic rings. The van der Waals surface area contributed by atoms with Crippen molar-refractivity contribution in [1.82, 2.24) is 24.1 Å². The van der Waals surface area contributed by atoms with E-state index in [1.807, 2.05) is 30.3 Å². The standard InChI is InChI=1S/C51H31N5/c1-2-13-33(14-3-1)49-52-50(54-51(53-49)56-43-23-8-6-19-39(43)40-20-7-9-24-44(40)56)34-29-27-32(28-30-34)35-15-10-16-36(31-35)55-45-25-11-21-41-37-17-4-5-18-38(37)42-22-12-26-46(55)48(42)47(41)45/h1-31H. The average molecular weight is 714 g/mol. The van der Waals surface area contributed by atoms with Gasteiger partial charge in [0.25, 0.3) is 0 Å². The summed E-state index contributed by atoms with van der Waals surface area (Å²) in [5, 5.41) is 10.1. The first-order valence-corrected chi connectivity index (χ1v) is 19.0. The Morgan fingerprint density at radius 3 is 1.34 bits per heavy atom. The molecule has 56 heavy (non-hydrogen) atoms. The molecule has 0 atom stereocenters. The highest BCUT2D eigenvalue weighted by atomic mass is 15.2. The molecule has 0 radical (unpaired) electrons. The number of hydrogen-bond donors (Lipinski definition) is 0. The van der Waals surface area contributed by atoms with Crippen LogP contribution in [0.15, 0.2) is 188 Å². The van der Waals surface area contributed by atoms with E-state index in [-0.39, 0.29) is 0 Å². The molecule has 0 aliphatic heterocycles. The van der Waals surface area contributed by atoms with E-state index < -0.39 is 0 Å². The zero-order valence-electron chi connectivity index (χ0n) is 30.1. The van der Waals surface area contributed by atoms with Gasteiger partial charge in [-0.05, 0) is 69.1 Å². The highest BCUT2D eigenvalue weighted by Crippen LogP contribution is 2.44. The van der Waals surface area contributed by atoms with Crippen LogP contribution in [0, 0.1) is 0 Å². The van der Waals surface area contributed by atoms with Crippen molar-refractivity contribution in [2.24, 2.45) is 0 Å². The predicted molar refractivity (Wildman–Crippen MR) is 231 cm³/mol. The predicted octanol–water partition coefficient (Wildman–Crippen LogP) is 12.8. The van der Waals surface area contributed by atoms with E-state index in [9.17, 15) is 0 Å². The molecule has 0 saturated heterocycles. The third kappa shape index (κ3) is 4.52. The molecule has 260 valence electrons. The van der Waals surface area contributed by atoms with Gasteiger partial charge in [-0.25, -0.2) is 4.98 Å². The van der Waals surface area contributed by atoms with Crippen molar-refractivity contribution in [1.29, 1.82) is 0 Å². The topological polar surface area (TPSA) is 48.5 Å². The Kier molecular flexibility index (Phi) is 6.56. The molecule has 0 amide bonds. The smallest absolute Gasteiger partial charge is 0.238 e. The van der Waals surface area contributed by atoms with Gasteiger partial charge in [-0.2, -0.15) is 9.97 Å². The summed E-state index contributed by atoms with van der Waals surface area (Å²) in [7, 11) is 0. The highest BCUT2D eigenvalue weighted by Gasteiger charge is 2.20. The molecule has 5 heteroatoms. The number of nitrogens with zero attached hydrogens (tertiary/aromatic N) is 5. The molecule has 0 spiro atoms. The van der Waals surface area contributed by atoms with E-state index in [2.05, 4.69) is 167 Å². The van der Waals surface area contributed by atoms with Crippen molar-refractivity contribution in [3.8, 4) is 45.5 Å². The summed E-state index contributed by atoms with van der Waals surface area (Å²) in [6.45, 7) is 0. The van der Waals surface area contributed by atoms with E-state index in [0.717, 1.165) is 49.7 Å². The van der Waals surface area contributed by atoms with Crippen LogP contribution in [0.25, 0.3) is 111 Å². The van der Waals surface area contributed by atoms with Gasteiger partial charge in [0.1, 0.15) is 0 Å². The molecular weight excluding hydrogens is 683 g/mol. The first-order chi connectivity index (χ1) is 27.8. The van der Waals surface area contributed by atoms with Gasteiger partial charge in [-0.3, -0.25) is 4.57 Å². The third-order valence-electron chi connectivity index (χ3n) is 11.3. The normalized spacial score (nSPS) is 11.9. The summed E-state index contributed by atoms with van der Waals surface area (Å²) in [5.74, 6) is 1.85. The summed E-state index contributed by atoms with van der Waals surface area (Å²) in [4.78, 5) is 15.3. The molecule has 0 unspecified atom stereocenters. The largest absolute Gasteiger partial charge is 0.309 e. The summed E-state index contributed by atoms with van der Waals surface area (Å²) in [6, 6.07) is 66.7. The third-order valence-corrected chi connectivity index (χ3v) is 11.3. The van der Waals surface area contributed by atoms with Crippen LogP contribution in [0.2, 0.25) is 0 Å². The SMILES string of the molecule is c1ccc(-c2nc(-c3ccc(-c4cccc(-n5c6cccc7c8ccccc8c8cccc5c8c76)c4)cc3)nc(-n3c4ccccc4c4ccccc43)n2)cc1. The Balaban J connectivity index is 0.987. The molecule has 9 aromatic carbocycles. The van der Waals surface area contributed by atoms with Crippen LogP contribution in [0.5, 0.6) is 0 Å². The lowest BCUT2D eigenvalue weighted by Crippen LogP contribution is -2.06. The number of hydrogen-bond acceptors (Lipinski definition) is 3. The summed E-state index contributed by atoms with van der Waals surface area (Å²) >= 11 is 0. The van der Waals surface area contributed by atoms with Crippen molar-refractivity contribution in [2.45, 2.75) is 0 Å². The number of benzene rings is 9. The van der Waals surface area contributed by atoms with Gasteiger partial charge in [-0.15, -0.1) is 0 Å². The van der Waals surface area contributed by atoms with Crippen LogP contribution in [0.1, 0.15) is 0 Å². The average Bonchev–Trinajstić information content (AvgIpc) is 3.80. The fourth-order valence-corrected chi connectivity index (χ4v) is 8.87. The van der Waals surface area contributed by atoms with Crippen molar-refractivity contribution in [2.75, 3.05) is 0 Å². The lowest BCUT2D eigenvalue weighted by molar-refractivity contribution is 0.953. The summed E-state index contributed by atoms with van der Waals surface area (Å²) in [6.07, 6.45) is 0. The Morgan fingerprint density at radius 1 is 0.286 bits per heavy atom. The van der Waals surface area contributed by atoms with Crippen LogP contribution in [-0.2, 0) is 0 Å². The molecule has 0 aliphatic rings. The molecule has 0 aliphatic carbocycles. The molecule has 12 rings (SSSR count). The molecule has 0 fully saturated rings. The van der Waals surface area contributed by atoms with Crippen LogP contribution < -0.4 is 0 Å². The zero-order valence-corrected chi connectivity index (χ0v) is 30.1. The van der Waals surface area contributed by atoms with E-state index in [4.69, 9.17) is 15.0 Å². The van der Waals surface area contributed by atoms with Crippen molar-refractivity contribution in [3.63, 3.8) is 0 Å². The minimum atomic E-state index is 0.590. The van der Waals surface area contributed by atoms with E-state index in [1.165, 1.54) is 43.4 Å². The lowest BCUT2D eigenvalue weighted by Gasteiger charge is -2.12. The first kappa shape index (κ1) is 30.8. The minimum Gasteiger partial charge on any atom is -0.309 e. The van der Waals surface area contributed by atoms with Crippen molar-refractivity contribution < 1.29 is 0 Å². The molecule has 0 saturated carbocycles. The fourth-order valence-electron chi connectivity index (χ4n) is 8.87. The van der Waals surface area contributed by atoms with Gasteiger partial charge in [0.05, 0.1) is 22.1 Å². The summed E-state index contributed by atoms with van der Waals surface area (Å²) in [5.41, 5.74) is 9.80. The number of fused-ring (bicyclic) bond motifs is 6. The monoisotopic (exact) mass is 713 g/mol. The number of aromatic nitrogens is 5. The quantitative estimate of drug-likeness (QED) is 0.167. The van der Waals surface area contributed by atoms with Crippen molar-refractivity contribution in [3.05, 3.63) is 188 Å². The fraction of sp³-hybridized carbons (Fsp3) is 0. The Morgan fingerprint density at radius 2 is 0.732 bits per heavy atom. The maximum Gasteiger partial charge on any atom is 0.238 e. The number of para-hydroxylation sites is 2. The molecule has 5 nitrogen and oxygen atoms in total. The van der Waals surface area contributed by atoms with E-state index >= 15 is 0 Å². The van der Waals surface area contributed by atoms with Gasteiger partial charge in [0.15, 0.2) is 11.6 Å². The lowest BCUT2D eigenvalue weighted by atomic mass is 9.95. The molecule has 0 N–H and O–H groups in total. The second-order valence-electron chi connectivity index (χ2n) is 14.4. The van der Waals surface area contributed by atoms with E-state index in [0.29, 0.717) is 17.6 Å². The minimum absolute atomic E-state index is 0.590. The Labute approximate surface area is 321 Å². The van der Waals surface area contributed by atoms with Crippen LogP contribution in [0.4, 0.5) is 0 Å². The van der Waals surface area contributed by atoms with Gasteiger partial charge in [0.2, 0.25) is 5.95 Å². The second kappa shape index (κ2) is 11.9. The first-order valence-electron chi connectivity index (χ1n) is 19.0. The van der Waals surface area contributed by atoms with E-state index in [1.54, 1.807) is 0 Å². The maximum absolute atomic E-state index is 5.15. The van der Waals surface area contributed by atoms with Crippen molar-refractivity contribution >= 4 is 65.2 Å². The Bertz CT molecular complexity index is 3330. The van der Waals surface area contributed by atoms with Crippen LogP contribution in [0.3, 0.4) is 0 Å².